The number of aliphatic hydroxyl groups is 1. The second-order valence-electron chi connectivity index (χ2n) is 6.38. The fourth-order valence-corrected chi connectivity index (χ4v) is 2.07. The van der Waals surface area contributed by atoms with Crippen molar-refractivity contribution in [3.63, 3.8) is 0 Å². The average molecular weight is 281 g/mol. The lowest BCUT2D eigenvalue weighted by molar-refractivity contribution is 0.234. The first kappa shape index (κ1) is 14.8. The Bertz CT molecular complexity index is 460. The maximum absolute atomic E-state index is 11.9. The molecule has 1 heterocycles. The van der Waals surface area contributed by atoms with Crippen LogP contribution >= 0.6 is 0 Å². The van der Waals surface area contributed by atoms with E-state index in [0.29, 0.717) is 18.2 Å². The maximum atomic E-state index is 11.9. The Labute approximate surface area is 118 Å². The fraction of sp³-hybridized carbons (Fsp3) is 0.714. The molecule has 6 heteroatoms. The second kappa shape index (κ2) is 5.83. The van der Waals surface area contributed by atoms with Gasteiger partial charge in [0.15, 0.2) is 5.82 Å². The van der Waals surface area contributed by atoms with E-state index < -0.39 is 0 Å². The van der Waals surface area contributed by atoms with Crippen LogP contribution in [-0.4, -0.2) is 28.9 Å². The first-order chi connectivity index (χ1) is 9.40. The van der Waals surface area contributed by atoms with Crippen LogP contribution in [0.3, 0.4) is 0 Å². The van der Waals surface area contributed by atoms with E-state index in [1.54, 1.807) is 6.07 Å². The highest BCUT2D eigenvalue weighted by Gasteiger charge is 2.32. The Kier molecular flexibility index (Phi) is 4.32. The number of rotatable bonds is 5. The summed E-state index contributed by atoms with van der Waals surface area (Å²) in [7, 11) is 0. The number of amides is 2. The highest BCUT2D eigenvalue weighted by atomic mass is 16.5. The van der Waals surface area contributed by atoms with Gasteiger partial charge in [0.2, 0.25) is 0 Å². The number of aromatic nitrogens is 1. The molecule has 3 N–H and O–H groups in total. The molecule has 1 aliphatic carbocycles. The van der Waals surface area contributed by atoms with E-state index in [9.17, 15) is 4.79 Å². The third-order valence-electron chi connectivity index (χ3n) is 3.44. The van der Waals surface area contributed by atoms with Crippen molar-refractivity contribution < 1.29 is 14.4 Å². The molecule has 112 valence electrons. The first-order valence-corrected chi connectivity index (χ1v) is 7.05. The zero-order chi connectivity index (χ0) is 14.8. The minimum atomic E-state index is -0.302. The normalized spacial score (nSPS) is 16.8. The molecular weight excluding hydrogens is 258 g/mol. The van der Waals surface area contributed by atoms with Crippen LogP contribution in [0.15, 0.2) is 10.6 Å². The monoisotopic (exact) mass is 281 g/mol. The Morgan fingerprint density at radius 3 is 2.75 bits per heavy atom. The number of urea groups is 1. The molecule has 0 unspecified atom stereocenters. The van der Waals surface area contributed by atoms with E-state index in [0.717, 1.165) is 18.6 Å². The van der Waals surface area contributed by atoms with Gasteiger partial charge >= 0.3 is 6.03 Å². The van der Waals surface area contributed by atoms with Crippen LogP contribution in [0.2, 0.25) is 0 Å². The summed E-state index contributed by atoms with van der Waals surface area (Å²) < 4.78 is 5.21. The summed E-state index contributed by atoms with van der Waals surface area (Å²) in [4.78, 5) is 11.9. The minimum Gasteiger partial charge on any atom is -0.396 e. The molecule has 1 aliphatic rings. The molecule has 0 bridgehead atoms. The van der Waals surface area contributed by atoms with Gasteiger partial charge in [-0.25, -0.2) is 4.79 Å². The third-order valence-corrected chi connectivity index (χ3v) is 3.44. The molecule has 0 spiro atoms. The number of nitrogens with one attached hydrogen (secondary N) is 2. The predicted octanol–water partition coefficient (Wildman–Crippen LogP) is 2.25. The van der Waals surface area contributed by atoms with Crippen molar-refractivity contribution in [3.05, 3.63) is 11.8 Å². The van der Waals surface area contributed by atoms with Gasteiger partial charge in [-0.3, -0.25) is 5.32 Å². The van der Waals surface area contributed by atoms with Gasteiger partial charge in [0.1, 0.15) is 5.76 Å². The van der Waals surface area contributed by atoms with Gasteiger partial charge in [-0.05, 0) is 25.2 Å². The summed E-state index contributed by atoms with van der Waals surface area (Å²) in [5.74, 6) is 1.63. The van der Waals surface area contributed by atoms with E-state index in [2.05, 4.69) is 15.8 Å². The average Bonchev–Trinajstić information content (AvgIpc) is 3.08. The molecular formula is C14H23N3O3. The summed E-state index contributed by atoms with van der Waals surface area (Å²) in [6.45, 7) is 6.13. The van der Waals surface area contributed by atoms with Crippen molar-refractivity contribution in [1.29, 1.82) is 0 Å². The predicted molar refractivity (Wildman–Crippen MR) is 75.6 cm³/mol. The number of hydrogen-bond donors (Lipinski definition) is 3. The van der Waals surface area contributed by atoms with Gasteiger partial charge in [-0.1, -0.05) is 25.9 Å². The van der Waals surface area contributed by atoms with Gasteiger partial charge < -0.3 is 14.9 Å². The molecule has 1 atom stereocenters. The molecule has 0 radical (unpaired) electrons. The number of carbonyl (C=O) groups is 1. The van der Waals surface area contributed by atoms with E-state index in [-0.39, 0.29) is 24.1 Å². The minimum absolute atomic E-state index is 0.0361. The molecule has 0 aliphatic heterocycles. The van der Waals surface area contributed by atoms with Gasteiger partial charge in [-0.15, -0.1) is 0 Å². The Morgan fingerprint density at radius 1 is 1.55 bits per heavy atom. The van der Waals surface area contributed by atoms with Crippen molar-refractivity contribution in [2.24, 2.45) is 5.92 Å². The molecule has 1 fully saturated rings. The van der Waals surface area contributed by atoms with E-state index in [4.69, 9.17) is 9.63 Å². The van der Waals surface area contributed by atoms with Crippen LogP contribution in [0.25, 0.3) is 0 Å². The van der Waals surface area contributed by atoms with Crippen molar-refractivity contribution >= 4 is 11.8 Å². The molecule has 1 aromatic heterocycles. The summed E-state index contributed by atoms with van der Waals surface area (Å²) in [5, 5.41) is 18.4. The SMILES string of the molecule is CC(C)(C)c1cc(NC(=O)N[C@H](CCO)C2CC2)no1. The topological polar surface area (TPSA) is 87.4 Å². The lowest BCUT2D eigenvalue weighted by atomic mass is 9.93. The maximum Gasteiger partial charge on any atom is 0.320 e. The highest BCUT2D eigenvalue weighted by molar-refractivity contribution is 5.88. The quantitative estimate of drug-likeness (QED) is 0.772. The van der Waals surface area contributed by atoms with Crippen LogP contribution in [0.4, 0.5) is 10.6 Å². The lowest BCUT2D eigenvalue weighted by Gasteiger charge is -2.16. The number of anilines is 1. The van der Waals surface area contributed by atoms with Gasteiger partial charge in [0.25, 0.3) is 0 Å². The molecule has 1 saturated carbocycles. The molecule has 0 saturated heterocycles. The summed E-state index contributed by atoms with van der Waals surface area (Å²) in [5.41, 5.74) is -0.142. The van der Waals surface area contributed by atoms with E-state index in [1.807, 2.05) is 20.8 Å². The first-order valence-electron chi connectivity index (χ1n) is 7.05. The fourth-order valence-electron chi connectivity index (χ4n) is 2.07. The van der Waals surface area contributed by atoms with Crippen LogP contribution in [0.5, 0.6) is 0 Å². The summed E-state index contributed by atoms with van der Waals surface area (Å²) in [6.07, 6.45) is 2.82. The van der Waals surface area contributed by atoms with Crippen molar-refractivity contribution in [2.75, 3.05) is 11.9 Å². The standard InChI is InChI=1S/C14H23N3O3/c1-14(2,3)11-8-12(17-20-11)16-13(19)15-10(6-7-18)9-4-5-9/h8-10,18H,4-7H2,1-3H3,(H2,15,16,17,19)/t10-/m1/s1. The zero-order valence-electron chi connectivity index (χ0n) is 12.3. The van der Waals surface area contributed by atoms with Crippen LogP contribution in [0, 0.1) is 5.92 Å². The number of hydrogen-bond acceptors (Lipinski definition) is 4. The van der Waals surface area contributed by atoms with E-state index >= 15 is 0 Å². The van der Waals surface area contributed by atoms with Gasteiger partial charge in [0, 0.05) is 24.1 Å². The van der Waals surface area contributed by atoms with E-state index in [1.165, 1.54) is 0 Å². The smallest absolute Gasteiger partial charge is 0.320 e. The third kappa shape index (κ3) is 3.96. The number of nitrogens with zero attached hydrogens (tertiary/aromatic N) is 1. The molecule has 6 nitrogen and oxygen atoms in total. The van der Waals surface area contributed by atoms with Crippen molar-refractivity contribution in [2.45, 2.75) is 51.5 Å². The second-order valence-corrected chi connectivity index (χ2v) is 6.38. The Morgan fingerprint density at radius 2 is 2.25 bits per heavy atom. The highest BCUT2D eigenvalue weighted by Crippen LogP contribution is 2.34. The number of carbonyl (C=O) groups excluding carboxylic acids is 1. The molecule has 2 amide bonds. The largest absolute Gasteiger partial charge is 0.396 e. The van der Waals surface area contributed by atoms with Crippen LogP contribution < -0.4 is 10.6 Å². The number of aliphatic hydroxyl groups excluding tert-OH is 1. The zero-order valence-corrected chi connectivity index (χ0v) is 12.3. The van der Waals surface area contributed by atoms with Crippen molar-refractivity contribution in [1.82, 2.24) is 10.5 Å². The Balaban J connectivity index is 1.89. The molecule has 20 heavy (non-hydrogen) atoms. The van der Waals surface area contributed by atoms with Gasteiger partial charge in [0.05, 0.1) is 0 Å². The lowest BCUT2D eigenvalue weighted by Crippen LogP contribution is -2.39. The Hall–Kier alpha value is -1.56. The van der Waals surface area contributed by atoms with Crippen LogP contribution in [0.1, 0.15) is 45.8 Å². The van der Waals surface area contributed by atoms with Crippen LogP contribution in [-0.2, 0) is 5.41 Å². The molecule has 0 aromatic carbocycles. The molecule has 1 aromatic rings. The van der Waals surface area contributed by atoms with Crippen molar-refractivity contribution in [3.8, 4) is 0 Å². The molecule has 2 rings (SSSR count). The summed E-state index contributed by atoms with van der Waals surface area (Å²) >= 11 is 0. The summed E-state index contributed by atoms with van der Waals surface area (Å²) in [6, 6.07) is 1.47. The van der Waals surface area contributed by atoms with Gasteiger partial charge in [-0.2, -0.15) is 0 Å².